The van der Waals surface area contributed by atoms with Gasteiger partial charge < -0.3 is 9.84 Å². The molecule has 1 saturated carbocycles. The molecule has 0 spiro atoms. The minimum atomic E-state index is -3.54. The Bertz CT molecular complexity index is 596. The van der Waals surface area contributed by atoms with Gasteiger partial charge in [0.25, 0.3) is 0 Å². The van der Waals surface area contributed by atoms with Crippen LogP contribution in [0.15, 0.2) is 29.2 Å². The average molecular weight is 313 g/mol. The Labute approximate surface area is 124 Å². The minimum absolute atomic E-state index is 0.00654. The summed E-state index contributed by atoms with van der Waals surface area (Å²) < 4.78 is 32.1. The van der Waals surface area contributed by atoms with Gasteiger partial charge in [0.1, 0.15) is 5.75 Å². The summed E-state index contributed by atoms with van der Waals surface area (Å²) in [7, 11) is -3.54. The molecule has 0 bridgehead atoms. The lowest BCUT2D eigenvalue weighted by Gasteiger charge is -2.13. The van der Waals surface area contributed by atoms with E-state index in [0.717, 1.165) is 19.3 Å². The number of hydrogen-bond acceptors (Lipinski definition) is 4. The van der Waals surface area contributed by atoms with Crippen LogP contribution in [-0.4, -0.2) is 32.1 Å². The van der Waals surface area contributed by atoms with Crippen LogP contribution >= 0.6 is 0 Å². The van der Waals surface area contributed by atoms with Crippen molar-refractivity contribution < 1.29 is 23.1 Å². The van der Waals surface area contributed by atoms with E-state index in [1.165, 1.54) is 24.3 Å². The molecular formula is C14H19NO5S. The molecule has 1 aliphatic rings. The summed E-state index contributed by atoms with van der Waals surface area (Å²) in [5.74, 6) is -0.209. The van der Waals surface area contributed by atoms with Gasteiger partial charge in [-0.3, -0.25) is 0 Å². The van der Waals surface area contributed by atoms with E-state index in [0.29, 0.717) is 11.7 Å². The van der Waals surface area contributed by atoms with E-state index in [2.05, 4.69) is 11.6 Å². The first-order chi connectivity index (χ1) is 9.87. The van der Waals surface area contributed by atoms with Crippen molar-refractivity contribution in [2.75, 3.05) is 6.61 Å². The van der Waals surface area contributed by atoms with Gasteiger partial charge in [0.15, 0.2) is 6.61 Å². The summed E-state index contributed by atoms with van der Waals surface area (Å²) in [5, 5.41) is 8.51. The first-order valence-corrected chi connectivity index (χ1v) is 8.32. The van der Waals surface area contributed by atoms with Crippen LogP contribution in [-0.2, 0) is 14.8 Å². The third-order valence-corrected chi connectivity index (χ3v) is 5.05. The summed E-state index contributed by atoms with van der Waals surface area (Å²) in [6, 6.07) is 5.73. The van der Waals surface area contributed by atoms with Gasteiger partial charge in [-0.15, -0.1) is 0 Å². The second-order valence-electron chi connectivity index (χ2n) is 5.39. The van der Waals surface area contributed by atoms with Crippen molar-refractivity contribution in [3.05, 3.63) is 24.3 Å². The highest BCUT2D eigenvalue weighted by Crippen LogP contribution is 2.26. The molecule has 0 saturated heterocycles. The average Bonchev–Trinajstić information content (AvgIpc) is 2.81. The monoisotopic (exact) mass is 313 g/mol. The SMILES string of the molecule is CC1CCC(NS(=O)(=O)c2ccc(OCC(=O)O)cc2)C1. The van der Waals surface area contributed by atoms with Crippen LogP contribution in [0.2, 0.25) is 0 Å². The van der Waals surface area contributed by atoms with E-state index in [-0.39, 0.29) is 10.9 Å². The van der Waals surface area contributed by atoms with Crippen molar-refractivity contribution in [1.29, 1.82) is 0 Å². The quantitative estimate of drug-likeness (QED) is 0.832. The molecule has 2 unspecified atom stereocenters. The Kier molecular flexibility index (Phi) is 4.84. The normalized spacial score (nSPS) is 22.1. The van der Waals surface area contributed by atoms with E-state index >= 15 is 0 Å². The standard InChI is InChI=1S/C14H19NO5S/c1-10-2-3-11(8-10)15-21(18,19)13-6-4-12(5-7-13)20-9-14(16)17/h4-7,10-11,15H,2-3,8-9H2,1H3,(H,16,17). The number of rotatable bonds is 6. The molecule has 0 heterocycles. The van der Waals surface area contributed by atoms with Crippen LogP contribution in [0.1, 0.15) is 26.2 Å². The maximum absolute atomic E-state index is 12.2. The van der Waals surface area contributed by atoms with E-state index < -0.39 is 22.6 Å². The molecule has 0 radical (unpaired) electrons. The van der Waals surface area contributed by atoms with Crippen LogP contribution in [0.5, 0.6) is 5.75 Å². The molecule has 116 valence electrons. The molecule has 1 aromatic carbocycles. The number of aliphatic carboxylic acids is 1. The summed E-state index contributed by atoms with van der Waals surface area (Å²) in [6.07, 6.45) is 2.76. The second-order valence-corrected chi connectivity index (χ2v) is 7.10. The maximum Gasteiger partial charge on any atom is 0.341 e. The van der Waals surface area contributed by atoms with Crippen molar-refractivity contribution in [3.63, 3.8) is 0 Å². The van der Waals surface area contributed by atoms with Crippen molar-refractivity contribution in [3.8, 4) is 5.75 Å². The fourth-order valence-electron chi connectivity index (χ4n) is 2.46. The van der Waals surface area contributed by atoms with Crippen LogP contribution in [0, 0.1) is 5.92 Å². The van der Waals surface area contributed by atoms with Gasteiger partial charge in [-0.05, 0) is 49.4 Å². The number of carboxylic acids is 1. The lowest BCUT2D eigenvalue weighted by molar-refractivity contribution is -0.139. The van der Waals surface area contributed by atoms with E-state index in [1.54, 1.807) is 0 Å². The first-order valence-electron chi connectivity index (χ1n) is 6.84. The van der Waals surface area contributed by atoms with Gasteiger partial charge in [-0.25, -0.2) is 17.9 Å². The van der Waals surface area contributed by atoms with E-state index in [4.69, 9.17) is 9.84 Å². The van der Waals surface area contributed by atoms with Crippen molar-refractivity contribution in [1.82, 2.24) is 4.72 Å². The predicted octanol–water partition coefficient (Wildman–Crippen LogP) is 1.62. The number of carboxylic acid groups (broad SMARTS) is 1. The zero-order valence-corrected chi connectivity index (χ0v) is 12.6. The third-order valence-electron chi connectivity index (χ3n) is 3.51. The Morgan fingerprint density at radius 2 is 2.00 bits per heavy atom. The Morgan fingerprint density at radius 3 is 2.52 bits per heavy atom. The number of carbonyl (C=O) groups is 1. The van der Waals surface area contributed by atoms with Gasteiger partial charge in [-0.1, -0.05) is 6.92 Å². The van der Waals surface area contributed by atoms with Crippen molar-refractivity contribution in [2.24, 2.45) is 5.92 Å². The molecular weight excluding hydrogens is 294 g/mol. The zero-order valence-electron chi connectivity index (χ0n) is 11.8. The number of nitrogens with one attached hydrogen (secondary N) is 1. The van der Waals surface area contributed by atoms with Gasteiger partial charge >= 0.3 is 5.97 Å². The lowest BCUT2D eigenvalue weighted by atomic mass is 10.1. The van der Waals surface area contributed by atoms with Gasteiger partial charge in [-0.2, -0.15) is 0 Å². The van der Waals surface area contributed by atoms with E-state index in [9.17, 15) is 13.2 Å². The fourth-order valence-corrected chi connectivity index (χ4v) is 3.75. The molecule has 6 nitrogen and oxygen atoms in total. The number of ether oxygens (including phenoxy) is 1. The van der Waals surface area contributed by atoms with Crippen LogP contribution in [0.4, 0.5) is 0 Å². The largest absolute Gasteiger partial charge is 0.482 e. The highest BCUT2D eigenvalue weighted by Gasteiger charge is 2.26. The summed E-state index contributed by atoms with van der Waals surface area (Å²) in [4.78, 5) is 10.5. The van der Waals surface area contributed by atoms with Gasteiger partial charge in [0.05, 0.1) is 4.90 Å². The molecule has 0 aromatic heterocycles. The van der Waals surface area contributed by atoms with Crippen molar-refractivity contribution >= 4 is 16.0 Å². The molecule has 1 aliphatic carbocycles. The molecule has 2 N–H and O–H groups in total. The van der Waals surface area contributed by atoms with Gasteiger partial charge in [0, 0.05) is 6.04 Å². The topological polar surface area (TPSA) is 92.7 Å². The minimum Gasteiger partial charge on any atom is -0.482 e. The van der Waals surface area contributed by atoms with Crippen molar-refractivity contribution in [2.45, 2.75) is 37.1 Å². The molecule has 1 aromatic rings. The number of sulfonamides is 1. The Hall–Kier alpha value is -1.60. The molecule has 0 amide bonds. The molecule has 21 heavy (non-hydrogen) atoms. The Morgan fingerprint density at radius 1 is 1.33 bits per heavy atom. The molecule has 2 atom stereocenters. The number of hydrogen-bond donors (Lipinski definition) is 2. The maximum atomic E-state index is 12.2. The van der Waals surface area contributed by atoms with Crippen LogP contribution < -0.4 is 9.46 Å². The second kappa shape index (κ2) is 6.44. The molecule has 0 aliphatic heterocycles. The lowest BCUT2D eigenvalue weighted by Crippen LogP contribution is -2.32. The summed E-state index contributed by atoms with van der Waals surface area (Å²) >= 11 is 0. The highest BCUT2D eigenvalue weighted by atomic mass is 32.2. The predicted molar refractivity (Wildman–Crippen MR) is 76.7 cm³/mol. The molecule has 2 rings (SSSR count). The highest BCUT2D eigenvalue weighted by molar-refractivity contribution is 7.89. The third kappa shape index (κ3) is 4.44. The summed E-state index contributed by atoms with van der Waals surface area (Å²) in [6.45, 7) is 1.66. The Balaban J connectivity index is 2.01. The molecule has 1 fully saturated rings. The zero-order chi connectivity index (χ0) is 15.5. The molecule has 7 heteroatoms. The van der Waals surface area contributed by atoms with E-state index in [1.807, 2.05) is 0 Å². The van der Waals surface area contributed by atoms with Crippen LogP contribution in [0.25, 0.3) is 0 Å². The van der Waals surface area contributed by atoms with Crippen LogP contribution in [0.3, 0.4) is 0 Å². The number of benzene rings is 1. The van der Waals surface area contributed by atoms with Gasteiger partial charge in [0.2, 0.25) is 10.0 Å². The summed E-state index contributed by atoms with van der Waals surface area (Å²) in [5.41, 5.74) is 0. The smallest absolute Gasteiger partial charge is 0.341 e. The fraction of sp³-hybridized carbons (Fsp3) is 0.500. The first kappa shape index (κ1) is 15.8.